The number of halogens is 1. The molecule has 0 spiro atoms. The maximum absolute atomic E-state index is 13.2. The van der Waals surface area contributed by atoms with Crippen molar-refractivity contribution in [3.05, 3.63) is 47.5 Å². The fraction of sp³-hybridized carbons (Fsp3) is 0.438. The van der Waals surface area contributed by atoms with Gasteiger partial charge in [-0.15, -0.1) is 5.10 Å². The highest BCUT2D eigenvalue weighted by Gasteiger charge is 2.31. The minimum absolute atomic E-state index is 0.197. The number of hydrogen-bond acceptors (Lipinski definition) is 4. The van der Waals surface area contributed by atoms with Crippen LogP contribution in [0.5, 0.6) is 0 Å². The summed E-state index contributed by atoms with van der Waals surface area (Å²) >= 11 is 0. The molecule has 0 aliphatic heterocycles. The van der Waals surface area contributed by atoms with Crippen molar-refractivity contribution in [3.8, 4) is 0 Å². The Bertz CT molecular complexity index is 702. The third kappa shape index (κ3) is 3.56. The smallest absolute Gasteiger partial charge is 0.249 e. The number of rotatable bonds is 5. The van der Waals surface area contributed by atoms with Crippen molar-refractivity contribution in [2.45, 2.75) is 44.4 Å². The molecular weight excluding hydrogens is 299 g/mol. The fourth-order valence-corrected chi connectivity index (χ4v) is 2.26. The molecule has 122 valence electrons. The van der Waals surface area contributed by atoms with Gasteiger partial charge in [0.25, 0.3) is 0 Å². The lowest BCUT2D eigenvalue weighted by molar-refractivity contribution is -0.123. The second-order valence-corrected chi connectivity index (χ2v) is 6.38. The Morgan fingerprint density at radius 1 is 1.39 bits per heavy atom. The van der Waals surface area contributed by atoms with Crippen LogP contribution in [0.25, 0.3) is 0 Å². The van der Waals surface area contributed by atoms with Crippen LogP contribution >= 0.6 is 0 Å². The van der Waals surface area contributed by atoms with Gasteiger partial charge in [0.1, 0.15) is 17.1 Å². The van der Waals surface area contributed by atoms with E-state index in [2.05, 4.69) is 15.6 Å². The standard InChI is InChI=1S/C16H19FN4O2/c1-16(2,23)13-9-21(20-19-13)14(15(22)18-12-7-8-12)10-3-5-11(17)6-4-10/h3-6,9,12,14,23H,7-8H2,1-2H3,(H,18,22). The highest BCUT2D eigenvalue weighted by Crippen LogP contribution is 2.25. The molecule has 1 fully saturated rings. The summed E-state index contributed by atoms with van der Waals surface area (Å²) in [5.74, 6) is -0.586. The maximum atomic E-state index is 13.2. The average Bonchev–Trinajstić information content (AvgIpc) is 3.14. The van der Waals surface area contributed by atoms with Crippen molar-refractivity contribution in [1.82, 2.24) is 20.3 Å². The van der Waals surface area contributed by atoms with E-state index in [-0.39, 0.29) is 17.8 Å². The Morgan fingerprint density at radius 2 is 2.04 bits per heavy atom. The summed E-state index contributed by atoms with van der Waals surface area (Å²) < 4.78 is 14.6. The topological polar surface area (TPSA) is 80.0 Å². The molecule has 3 rings (SSSR count). The Kier molecular flexibility index (Phi) is 3.89. The van der Waals surface area contributed by atoms with Gasteiger partial charge in [0.2, 0.25) is 5.91 Å². The third-order valence-corrected chi connectivity index (χ3v) is 3.76. The maximum Gasteiger partial charge on any atom is 0.249 e. The highest BCUT2D eigenvalue weighted by molar-refractivity contribution is 5.84. The van der Waals surface area contributed by atoms with Crippen LogP contribution in [0, 0.1) is 5.82 Å². The van der Waals surface area contributed by atoms with Gasteiger partial charge in [0.05, 0.1) is 6.20 Å². The van der Waals surface area contributed by atoms with Crippen molar-refractivity contribution >= 4 is 5.91 Å². The first-order valence-corrected chi connectivity index (χ1v) is 7.55. The van der Waals surface area contributed by atoms with Gasteiger partial charge in [0.15, 0.2) is 6.04 Å². The molecule has 1 saturated carbocycles. The zero-order valence-electron chi connectivity index (χ0n) is 13.0. The number of nitrogens with zero attached hydrogens (tertiary/aromatic N) is 3. The van der Waals surface area contributed by atoms with E-state index in [4.69, 9.17) is 0 Å². The first-order chi connectivity index (χ1) is 10.8. The van der Waals surface area contributed by atoms with Crippen LogP contribution in [-0.2, 0) is 10.4 Å². The Balaban J connectivity index is 1.95. The van der Waals surface area contributed by atoms with E-state index in [1.54, 1.807) is 32.2 Å². The SMILES string of the molecule is CC(C)(O)c1cn(C(C(=O)NC2CC2)c2ccc(F)cc2)nn1. The summed E-state index contributed by atoms with van der Waals surface area (Å²) in [6.45, 7) is 3.19. The molecule has 1 amide bonds. The second-order valence-electron chi connectivity index (χ2n) is 6.38. The summed E-state index contributed by atoms with van der Waals surface area (Å²) in [6.07, 6.45) is 3.48. The molecular formula is C16H19FN4O2. The number of aliphatic hydroxyl groups is 1. The number of hydrogen-bond donors (Lipinski definition) is 2. The number of carbonyl (C=O) groups excluding carboxylic acids is 1. The zero-order valence-corrected chi connectivity index (χ0v) is 13.0. The van der Waals surface area contributed by atoms with E-state index in [0.29, 0.717) is 11.3 Å². The summed E-state index contributed by atoms with van der Waals surface area (Å²) in [4.78, 5) is 12.6. The quantitative estimate of drug-likeness (QED) is 0.876. The summed E-state index contributed by atoms with van der Waals surface area (Å²) in [5.41, 5.74) is -0.181. The lowest BCUT2D eigenvalue weighted by Crippen LogP contribution is -2.35. The van der Waals surface area contributed by atoms with Gasteiger partial charge in [-0.3, -0.25) is 4.79 Å². The predicted molar refractivity (Wildman–Crippen MR) is 81.0 cm³/mol. The molecule has 1 aliphatic carbocycles. The van der Waals surface area contributed by atoms with Crippen molar-refractivity contribution in [2.75, 3.05) is 0 Å². The molecule has 0 radical (unpaired) electrons. The molecule has 1 unspecified atom stereocenters. The molecule has 1 aliphatic rings. The molecule has 6 nitrogen and oxygen atoms in total. The minimum atomic E-state index is -1.15. The van der Waals surface area contributed by atoms with E-state index in [1.807, 2.05) is 0 Å². The summed E-state index contributed by atoms with van der Waals surface area (Å²) in [7, 11) is 0. The molecule has 1 aromatic heterocycles. The van der Waals surface area contributed by atoms with Gasteiger partial charge < -0.3 is 10.4 Å². The van der Waals surface area contributed by atoms with Crippen LogP contribution in [0.1, 0.15) is 44.0 Å². The summed E-state index contributed by atoms with van der Waals surface area (Å²) in [5, 5.41) is 20.9. The van der Waals surface area contributed by atoms with Crippen molar-refractivity contribution < 1.29 is 14.3 Å². The van der Waals surface area contributed by atoms with E-state index < -0.39 is 11.6 Å². The molecule has 0 saturated heterocycles. The second kappa shape index (κ2) is 5.73. The normalized spacial score (nSPS) is 16.2. The fourth-order valence-electron chi connectivity index (χ4n) is 2.26. The van der Waals surface area contributed by atoms with E-state index in [9.17, 15) is 14.3 Å². The van der Waals surface area contributed by atoms with Crippen LogP contribution in [0.3, 0.4) is 0 Å². The Morgan fingerprint density at radius 3 is 2.57 bits per heavy atom. The molecule has 1 heterocycles. The Labute approximate surface area is 133 Å². The van der Waals surface area contributed by atoms with Crippen molar-refractivity contribution in [2.24, 2.45) is 0 Å². The van der Waals surface area contributed by atoms with Gasteiger partial charge in [-0.25, -0.2) is 9.07 Å². The number of benzene rings is 1. The molecule has 7 heteroatoms. The van der Waals surface area contributed by atoms with E-state index >= 15 is 0 Å². The molecule has 1 aromatic carbocycles. The van der Waals surface area contributed by atoms with Crippen LogP contribution in [-0.4, -0.2) is 32.0 Å². The van der Waals surface area contributed by atoms with Crippen LogP contribution in [0.15, 0.2) is 30.5 Å². The lowest BCUT2D eigenvalue weighted by Gasteiger charge is -2.17. The van der Waals surface area contributed by atoms with Crippen LogP contribution in [0.4, 0.5) is 4.39 Å². The van der Waals surface area contributed by atoms with E-state index in [1.165, 1.54) is 16.8 Å². The first-order valence-electron chi connectivity index (χ1n) is 7.55. The van der Waals surface area contributed by atoms with Crippen LogP contribution < -0.4 is 5.32 Å². The number of amides is 1. The number of aromatic nitrogens is 3. The molecule has 23 heavy (non-hydrogen) atoms. The van der Waals surface area contributed by atoms with Gasteiger partial charge >= 0.3 is 0 Å². The van der Waals surface area contributed by atoms with Gasteiger partial charge in [-0.05, 0) is 44.4 Å². The molecule has 1 atom stereocenters. The van der Waals surface area contributed by atoms with Crippen molar-refractivity contribution in [3.63, 3.8) is 0 Å². The van der Waals surface area contributed by atoms with Gasteiger partial charge in [-0.1, -0.05) is 17.3 Å². The minimum Gasteiger partial charge on any atom is -0.384 e. The third-order valence-electron chi connectivity index (χ3n) is 3.76. The van der Waals surface area contributed by atoms with Gasteiger partial charge in [0, 0.05) is 6.04 Å². The monoisotopic (exact) mass is 318 g/mol. The lowest BCUT2D eigenvalue weighted by atomic mass is 10.0. The molecule has 2 N–H and O–H groups in total. The van der Waals surface area contributed by atoms with Gasteiger partial charge in [-0.2, -0.15) is 0 Å². The first kappa shape index (κ1) is 15.6. The van der Waals surface area contributed by atoms with Crippen molar-refractivity contribution in [1.29, 1.82) is 0 Å². The predicted octanol–water partition coefficient (Wildman–Crippen LogP) is 1.51. The average molecular weight is 318 g/mol. The zero-order chi connectivity index (χ0) is 16.6. The molecule has 2 aromatic rings. The Hall–Kier alpha value is -2.28. The largest absolute Gasteiger partial charge is 0.384 e. The number of carbonyl (C=O) groups is 1. The highest BCUT2D eigenvalue weighted by atomic mass is 19.1. The van der Waals surface area contributed by atoms with Crippen LogP contribution in [0.2, 0.25) is 0 Å². The summed E-state index contributed by atoms with van der Waals surface area (Å²) in [6, 6.07) is 5.17. The number of nitrogens with one attached hydrogen (secondary N) is 1. The van der Waals surface area contributed by atoms with E-state index in [0.717, 1.165) is 12.8 Å². The molecule has 0 bridgehead atoms.